The molecule has 3 saturated heterocycles. The monoisotopic (exact) mass is 993 g/mol. The molecule has 0 unspecified atom stereocenters. The van der Waals surface area contributed by atoms with Gasteiger partial charge in [-0.3, -0.25) is 14.4 Å². The molecule has 0 radical (unpaired) electrons. The number of aromatic nitrogens is 5. The Labute approximate surface area is 426 Å². The number of phenolic OH excluding ortho intramolecular Hbond substituents is 1. The highest BCUT2D eigenvalue weighted by Gasteiger charge is 2.46. The number of nitrogens with one attached hydrogen (secondary N) is 4. The molecule has 0 saturated carbocycles. The van der Waals surface area contributed by atoms with E-state index in [-0.39, 0.29) is 43.2 Å². The molecule has 0 bridgehead atoms. The number of aromatic amines is 1. The summed E-state index contributed by atoms with van der Waals surface area (Å²) in [6.45, 7) is 13.1. The number of carbonyl (C=O) groups excluding carboxylic acids is 4. The number of nitrogens with zero attached hydrogens (tertiary/aromatic N) is 8. The number of carbonyl (C=O) groups is 4. The van der Waals surface area contributed by atoms with Gasteiger partial charge in [-0.1, -0.05) is 44.0 Å². The highest BCUT2D eigenvalue weighted by Crippen LogP contribution is 2.39. The number of piperidine rings is 2. The smallest absolute Gasteiger partial charge is 0.318 e. The molecule has 5 aromatic rings. The number of aliphatic hydroxyl groups is 1. The van der Waals surface area contributed by atoms with Crippen molar-refractivity contribution in [3.8, 4) is 29.4 Å². The molecule has 18 heteroatoms. The van der Waals surface area contributed by atoms with Gasteiger partial charge in [0.1, 0.15) is 17.8 Å². The van der Waals surface area contributed by atoms with Crippen LogP contribution in [0.3, 0.4) is 0 Å². The lowest BCUT2D eigenvalue weighted by atomic mass is 9.80. The topological polar surface area (TPSA) is 225 Å². The third-order valence-electron chi connectivity index (χ3n) is 15.8. The van der Waals surface area contributed by atoms with Gasteiger partial charge in [-0.2, -0.15) is 0 Å². The summed E-state index contributed by atoms with van der Waals surface area (Å²) in [6.07, 6.45) is 13.3. The van der Waals surface area contributed by atoms with E-state index in [0.717, 1.165) is 90.7 Å². The van der Waals surface area contributed by atoms with E-state index in [1.807, 2.05) is 63.5 Å². The molecule has 6 N–H and O–H groups in total. The SMILES string of the molecule is C#Cc1ccc([C@H](C)NC(=O)[C@@H]2C[C@@H](O)CN2C(=O)[C@@H](NC(=O)N2CCC(N3CCC(c4cnc(N5CCc6[nH]c7nnc(-c8ccccc8O)cc7c6[C@H]5C)nc4)CC3)CC2)C(C)(C)CCNC(C)=O)cc1. The van der Waals surface area contributed by atoms with Gasteiger partial charge in [0.25, 0.3) is 0 Å². The minimum absolute atomic E-state index is 0.0140. The summed E-state index contributed by atoms with van der Waals surface area (Å²) in [4.78, 5) is 75.7. The Morgan fingerprint density at radius 3 is 2.34 bits per heavy atom. The fraction of sp³-hybridized carbons (Fsp3) is 0.491. The number of hydrogen-bond donors (Lipinski definition) is 6. The summed E-state index contributed by atoms with van der Waals surface area (Å²) < 4.78 is 0. The average molecular weight is 993 g/mol. The Hall–Kier alpha value is -7.10. The summed E-state index contributed by atoms with van der Waals surface area (Å²) >= 11 is 0. The van der Waals surface area contributed by atoms with Crippen molar-refractivity contribution >= 4 is 40.7 Å². The summed E-state index contributed by atoms with van der Waals surface area (Å²) in [6, 6.07) is 14.0. The second-order valence-corrected chi connectivity index (χ2v) is 21.0. The lowest BCUT2D eigenvalue weighted by molar-refractivity contribution is -0.142. The van der Waals surface area contributed by atoms with E-state index in [0.29, 0.717) is 48.7 Å². The van der Waals surface area contributed by atoms with E-state index in [1.54, 1.807) is 29.2 Å². The fourth-order valence-corrected chi connectivity index (χ4v) is 11.4. The number of aliphatic hydroxyl groups excluding tert-OH is 1. The van der Waals surface area contributed by atoms with Crippen LogP contribution in [0.15, 0.2) is 67.0 Å². The number of H-pyrrole nitrogens is 1. The molecular formula is C55H68N12O6. The molecule has 3 aromatic heterocycles. The number of rotatable bonds is 13. The van der Waals surface area contributed by atoms with E-state index in [9.17, 15) is 29.4 Å². The molecule has 4 aliphatic rings. The summed E-state index contributed by atoms with van der Waals surface area (Å²) in [5.74, 6) is 2.72. The zero-order chi connectivity index (χ0) is 51.6. The molecule has 384 valence electrons. The van der Waals surface area contributed by atoms with Crippen LogP contribution in [0.2, 0.25) is 0 Å². The maximum Gasteiger partial charge on any atom is 0.318 e. The molecule has 4 aliphatic heterocycles. The molecule has 73 heavy (non-hydrogen) atoms. The Bertz CT molecular complexity index is 2850. The van der Waals surface area contributed by atoms with Crippen LogP contribution >= 0.6 is 0 Å². The van der Waals surface area contributed by atoms with Gasteiger partial charge in [-0.15, -0.1) is 16.6 Å². The van der Waals surface area contributed by atoms with Gasteiger partial charge in [0.05, 0.1) is 23.9 Å². The first-order valence-corrected chi connectivity index (χ1v) is 25.7. The van der Waals surface area contributed by atoms with Gasteiger partial charge in [0.2, 0.25) is 23.7 Å². The molecule has 2 aromatic carbocycles. The van der Waals surface area contributed by atoms with E-state index < -0.39 is 41.5 Å². The van der Waals surface area contributed by atoms with E-state index in [4.69, 9.17) is 16.4 Å². The molecule has 5 atom stereocenters. The quantitative estimate of drug-likeness (QED) is 0.0823. The van der Waals surface area contributed by atoms with Crippen LogP contribution in [-0.2, 0) is 20.8 Å². The lowest BCUT2D eigenvalue weighted by Crippen LogP contribution is -2.61. The van der Waals surface area contributed by atoms with Crippen LogP contribution in [0.5, 0.6) is 5.75 Å². The Morgan fingerprint density at radius 2 is 1.66 bits per heavy atom. The number of hydrogen-bond acceptors (Lipinski definition) is 12. The van der Waals surface area contributed by atoms with Crippen molar-refractivity contribution < 1.29 is 29.4 Å². The second kappa shape index (κ2) is 21.5. The minimum Gasteiger partial charge on any atom is -0.507 e. The van der Waals surface area contributed by atoms with E-state index in [2.05, 4.69) is 53.8 Å². The van der Waals surface area contributed by atoms with Crippen LogP contribution in [0.4, 0.5) is 10.7 Å². The Balaban J connectivity index is 0.790. The molecule has 0 spiro atoms. The average Bonchev–Trinajstić information content (AvgIpc) is 3.99. The zero-order valence-corrected chi connectivity index (χ0v) is 42.5. The summed E-state index contributed by atoms with van der Waals surface area (Å²) in [5.41, 5.74) is 6.10. The van der Waals surface area contributed by atoms with Crippen molar-refractivity contribution in [3.63, 3.8) is 0 Å². The third-order valence-corrected chi connectivity index (χ3v) is 15.8. The van der Waals surface area contributed by atoms with Crippen molar-refractivity contribution in [2.45, 2.75) is 122 Å². The molecular weight excluding hydrogens is 925 g/mol. The maximum absolute atomic E-state index is 14.7. The number of likely N-dealkylation sites (tertiary alicyclic amines) is 3. The van der Waals surface area contributed by atoms with Crippen molar-refractivity contribution in [1.82, 2.24) is 55.8 Å². The fourth-order valence-electron chi connectivity index (χ4n) is 11.4. The number of aromatic hydroxyl groups is 1. The number of benzene rings is 2. The number of anilines is 1. The summed E-state index contributed by atoms with van der Waals surface area (Å²) in [7, 11) is 0. The van der Waals surface area contributed by atoms with Crippen molar-refractivity contribution in [3.05, 3.63) is 94.9 Å². The normalized spacial score (nSPS) is 20.8. The van der Waals surface area contributed by atoms with E-state index >= 15 is 0 Å². The number of β-amino-alcohol motifs (C(OH)–C–C–N with tert-alkyl or cyclic N) is 1. The lowest BCUT2D eigenvalue weighted by Gasteiger charge is -2.43. The van der Waals surface area contributed by atoms with Gasteiger partial charge in [-0.25, -0.2) is 14.8 Å². The first-order valence-electron chi connectivity index (χ1n) is 25.7. The van der Waals surface area contributed by atoms with Crippen LogP contribution in [0.1, 0.15) is 119 Å². The molecule has 3 fully saturated rings. The van der Waals surface area contributed by atoms with Crippen molar-refractivity contribution in [2.24, 2.45) is 5.41 Å². The van der Waals surface area contributed by atoms with Crippen molar-refractivity contribution in [1.29, 1.82) is 0 Å². The number of phenols is 1. The first kappa shape index (κ1) is 50.8. The van der Waals surface area contributed by atoms with Crippen molar-refractivity contribution in [2.75, 3.05) is 50.7 Å². The van der Waals surface area contributed by atoms with E-state index in [1.165, 1.54) is 11.8 Å². The molecule has 7 heterocycles. The van der Waals surface area contributed by atoms with Gasteiger partial charge >= 0.3 is 6.03 Å². The third kappa shape index (κ3) is 11.0. The standard InChI is InChI=1S/C55H68N12O6/c1-7-36-12-14-37(15-13-36)33(2)59-51(71)46-28-41(69)32-67(46)52(72)49(55(5,6)21-22-56-35(4)68)61-54(73)65-25-18-40(19-26-65)64-23-16-38(17-24-64)39-30-57-53(58-31-39)66-27-20-44-48(34(66)3)43-29-45(62-63-50(43)60-44)42-10-8-9-11-47(42)70/h1,8-15,29-31,33-34,38,40-41,46,49,69-70H,16-28,32H2,2-6H3,(H,56,68)(H,59,71)(H,60,63)(H,61,73)/t33-,34+,41+,46-,49+/m0/s1. The molecule has 18 nitrogen and oxygen atoms in total. The number of para-hydroxylation sites is 1. The number of amides is 5. The Morgan fingerprint density at radius 1 is 0.945 bits per heavy atom. The van der Waals surface area contributed by atoms with Crippen LogP contribution < -0.4 is 20.9 Å². The van der Waals surface area contributed by atoms with Gasteiger partial charge in [-0.05, 0) is 112 Å². The number of urea groups is 1. The maximum atomic E-state index is 14.7. The predicted molar refractivity (Wildman–Crippen MR) is 277 cm³/mol. The van der Waals surface area contributed by atoms with Gasteiger partial charge in [0.15, 0.2) is 5.65 Å². The van der Waals surface area contributed by atoms with Crippen LogP contribution in [-0.4, -0.2) is 144 Å². The van der Waals surface area contributed by atoms with Gasteiger partial charge < -0.3 is 50.7 Å². The number of fused-ring (bicyclic) bond motifs is 3. The number of terminal acetylenes is 1. The predicted octanol–water partition coefficient (Wildman–Crippen LogP) is 5.34. The molecule has 5 amide bonds. The highest BCUT2D eigenvalue weighted by molar-refractivity contribution is 5.93. The Kier molecular flexibility index (Phi) is 15.0. The molecule has 0 aliphatic carbocycles. The largest absolute Gasteiger partial charge is 0.507 e. The van der Waals surface area contributed by atoms with Crippen LogP contribution in [0.25, 0.3) is 22.3 Å². The first-order chi connectivity index (χ1) is 35.1. The minimum atomic E-state index is -1.05. The molecule has 9 rings (SSSR count). The zero-order valence-electron chi connectivity index (χ0n) is 42.5. The van der Waals surface area contributed by atoms with Gasteiger partial charge in [0, 0.05) is 98.7 Å². The van der Waals surface area contributed by atoms with Crippen LogP contribution in [0, 0.1) is 17.8 Å². The second-order valence-electron chi connectivity index (χ2n) is 21.0. The highest BCUT2D eigenvalue weighted by atomic mass is 16.3. The summed E-state index contributed by atoms with van der Waals surface area (Å²) in [5, 5.41) is 40.1.